The molecule has 1 aromatic rings. The minimum atomic E-state index is -4.08. The molecule has 72 valence electrons. The lowest BCUT2D eigenvalue weighted by molar-refractivity contribution is 0.213. The number of thiophene rings is 1. The molecule has 13 heavy (non-hydrogen) atoms. The summed E-state index contributed by atoms with van der Waals surface area (Å²) < 4.78 is 26.2. The fraction of sp³-hybridized carbons (Fsp3) is 0. The van der Waals surface area contributed by atoms with Crippen LogP contribution in [0.4, 0.5) is 4.79 Å². The minimum Gasteiger partial charge on any atom is -0.334 e. The van der Waals surface area contributed by atoms with Crippen LogP contribution in [0, 0.1) is 0 Å². The van der Waals surface area contributed by atoms with Crippen molar-refractivity contribution >= 4 is 39.1 Å². The molecule has 0 aromatic carbocycles. The Bertz CT molecular complexity index is 423. The highest BCUT2D eigenvalue weighted by molar-refractivity contribution is 7.89. The molecule has 0 fully saturated rings. The van der Waals surface area contributed by atoms with Crippen molar-refractivity contribution < 1.29 is 17.4 Å². The summed E-state index contributed by atoms with van der Waals surface area (Å²) in [6.07, 6.45) is -1.37. The van der Waals surface area contributed by atoms with Crippen molar-refractivity contribution in [2.24, 2.45) is 5.73 Å². The highest BCUT2D eigenvalue weighted by Crippen LogP contribution is 2.26. The third-order valence-corrected chi connectivity index (χ3v) is 3.89. The highest BCUT2D eigenvalue weighted by Gasteiger charge is 2.20. The quantitative estimate of drug-likeness (QED) is 0.788. The highest BCUT2D eigenvalue weighted by atomic mass is 35.5. The molecule has 0 spiro atoms. The SMILES string of the molecule is NC(=O)OS(=O)(=O)c1ccc(Cl)s1. The monoisotopic (exact) mass is 241 g/mol. The van der Waals surface area contributed by atoms with Gasteiger partial charge < -0.3 is 9.92 Å². The van der Waals surface area contributed by atoms with Crippen molar-refractivity contribution in [2.45, 2.75) is 4.21 Å². The van der Waals surface area contributed by atoms with E-state index in [1.54, 1.807) is 0 Å². The second kappa shape index (κ2) is 3.52. The summed E-state index contributed by atoms with van der Waals surface area (Å²) in [4.78, 5) is 10.2. The lowest BCUT2D eigenvalue weighted by Gasteiger charge is -1.97. The normalized spacial score (nSPS) is 11.2. The summed E-state index contributed by atoms with van der Waals surface area (Å²) in [5, 5.41) is 0. The van der Waals surface area contributed by atoms with E-state index in [0.29, 0.717) is 0 Å². The van der Waals surface area contributed by atoms with Crippen LogP contribution in [0.25, 0.3) is 0 Å². The van der Waals surface area contributed by atoms with Gasteiger partial charge in [0.2, 0.25) is 0 Å². The third-order valence-electron chi connectivity index (χ3n) is 0.987. The lowest BCUT2D eigenvalue weighted by atomic mass is 10.7. The Balaban J connectivity index is 3.01. The van der Waals surface area contributed by atoms with E-state index >= 15 is 0 Å². The maximum atomic E-state index is 11.1. The molecule has 1 heterocycles. The van der Waals surface area contributed by atoms with Crippen LogP contribution >= 0.6 is 22.9 Å². The van der Waals surface area contributed by atoms with Gasteiger partial charge in [-0.25, -0.2) is 4.79 Å². The van der Waals surface area contributed by atoms with E-state index in [0.717, 1.165) is 11.3 Å². The topological polar surface area (TPSA) is 86.5 Å². The Morgan fingerprint density at radius 2 is 2.15 bits per heavy atom. The summed E-state index contributed by atoms with van der Waals surface area (Å²) in [7, 11) is -4.08. The van der Waals surface area contributed by atoms with Crippen LogP contribution in [0.2, 0.25) is 4.34 Å². The van der Waals surface area contributed by atoms with Crippen LogP contribution in [0.3, 0.4) is 0 Å². The van der Waals surface area contributed by atoms with Crippen molar-refractivity contribution in [3.8, 4) is 0 Å². The largest absolute Gasteiger partial charge is 0.420 e. The second-order valence-electron chi connectivity index (χ2n) is 1.92. The number of halogens is 1. The number of hydrogen-bond donors (Lipinski definition) is 1. The molecule has 5 nitrogen and oxygen atoms in total. The first-order chi connectivity index (χ1) is 5.92. The molecule has 1 amide bonds. The molecule has 0 aliphatic heterocycles. The number of primary amides is 1. The van der Waals surface area contributed by atoms with E-state index in [-0.39, 0.29) is 8.55 Å². The van der Waals surface area contributed by atoms with Gasteiger partial charge in [0, 0.05) is 0 Å². The number of rotatable bonds is 2. The van der Waals surface area contributed by atoms with Crippen LogP contribution in [0.5, 0.6) is 0 Å². The van der Waals surface area contributed by atoms with E-state index in [1.165, 1.54) is 12.1 Å². The van der Waals surface area contributed by atoms with Gasteiger partial charge in [-0.15, -0.1) is 11.3 Å². The maximum absolute atomic E-state index is 11.1. The molecule has 0 unspecified atom stereocenters. The zero-order valence-electron chi connectivity index (χ0n) is 6.06. The van der Waals surface area contributed by atoms with Crippen LogP contribution in [-0.4, -0.2) is 14.5 Å². The Kier molecular flexibility index (Phi) is 2.79. The van der Waals surface area contributed by atoms with Crippen molar-refractivity contribution in [2.75, 3.05) is 0 Å². The summed E-state index contributed by atoms with van der Waals surface area (Å²) >= 11 is 6.27. The summed E-state index contributed by atoms with van der Waals surface area (Å²) in [6, 6.07) is 2.61. The van der Waals surface area contributed by atoms with Crippen LogP contribution in [-0.2, 0) is 14.3 Å². The first kappa shape index (κ1) is 10.3. The van der Waals surface area contributed by atoms with Gasteiger partial charge in [-0.2, -0.15) is 8.42 Å². The molecule has 1 aromatic heterocycles. The first-order valence-electron chi connectivity index (χ1n) is 2.91. The van der Waals surface area contributed by atoms with Gasteiger partial charge in [-0.1, -0.05) is 11.6 Å². The van der Waals surface area contributed by atoms with E-state index in [2.05, 4.69) is 9.92 Å². The minimum absolute atomic E-state index is 0.156. The fourth-order valence-electron chi connectivity index (χ4n) is 0.581. The molecule has 2 N–H and O–H groups in total. The smallest absolute Gasteiger partial charge is 0.334 e. The number of nitrogens with two attached hydrogens (primary N) is 1. The Labute approximate surface area is 83.2 Å². The van der Waals surface area contributed by atoms with Gasteiger partial charge in [0.05, 0.1) is 4.34 Å². The maximum Gasteiger partial charge on any atom is 0.420 e. The molecule has 0 saturated carbocycles. The number of amides is 1. The lowest BCUT2D eigenvalue weighted by Crippen LogP contribution is -2.18. The Morgan fingerprint density at radius 3 is 2.54 bits per heavy atom. The van der Waals surface area contributed by atoms with E-state index in [1.807, 2.05) is 0 Å². The van der Waals surface area contributed by atoms with Crippen LogP contribution in [0.15, 0.2) is 16.3 Å². The zero-order valence-corrected chi connectivity index (χ0v) is 8.45. The summed E-state index contributed by atoms with van der Waals surface area (Å²) in [5.41, 5.74) is 4.55. The van der Waals surface area contributed by atoms with Crippen molar-refractivity contribution in [3.63, 3.8) is 0 Å². The molecule has 0 atom stereocenters. The van der Waals surface area contributed by atoms with Crippen molar-refractivity contribution in [3.05, 3.63) is 16.5 Å². The predicted octanol–water partition coefficient (Wildman–Crippen LogP) is 1.19. The average Bonchev–Trinajstić information content (AvgIpc) is 2.32. The average molecular weight is 242 g/mol. The standard InChI is InChI=1S/C5H4ClNO4S2/c6-3-1-2-4(12-3)13(9,10)11-5(7)8/h1-2H,(H2,7,8). The third kappa shape index (κ3) is 2.58. The van der Waals surface area contributed by atoms with Crippen molar-refractivity contribution in [1.82, 2.24) is 0 Å². The van der Waals surface area contributed by atoms with Crippen LogP contribution in [0.1, 0.15) is 0 Å². The van der Waals surface area contributed by atoms with Gasteiger partial charge in [0.15, 0.2) is 4.21 Å². The Morgan fingerprint density at radius 1 is 1.54 bits per heavy atom. The molecule has 0 aliphatic carbocycles. The van der Waals surface area contributed by atoms with E-state index in [9.17, 15) is 13.2 Å². The summed E-state index contributed by atoms with van der Waals surface area (Å²) in [5.74, 6) is 0. The number of hydrogen-bond acceptors (Lipinski definition) is 5. The van der Waals surface area contributed by atoms with Crippen molar-refractivity contribution in [1.29, 1.82) is 0 Å². The number of carbonyl (C=O) groups excluding carboxylic acids is 1. The zero-order chi connectivity index (χ0) is 10.1. The second-order valence-corrected chi connectivity index (χ2v) is 5.40. The molecule has 8 heteroatoms. The molecular weight excluding hydrogens is 238 g/mol. The van der Waals surface area contributed by atoms with Gasteiger partial charge in [0.1, 0.15) is 0 Å². The molecule has 1 rings (SSSR count). The molecular formula is C5H4ClNO4S2. The Hall–Kier alpha value is -0.790. The molecule has 0 aliphatic rings. The predicted molar refractivity (Wildman–Crippen MR) is 47.2 cm³/mol. The van der Waals surface area contributed by atoms with Gasteiger partial charge in [-0.3, -0.25) is 0 Å². The van der Waals surface area contributed by atoms with Gasteiger partial charge >= 0.3 is 16.2 Å². The molecule has 0 bridgehead atoms. The van der Waals surface area contributed by atoms with Gasteiger partial charge in [-0.05, 0) is 12.1 Å². The molecule has 0 saturated heterocycles. The van der Waals surface area contributed by atoms with E-state index < -0.39 is 16.2 Å². The van der Waals surface area contributed by atoms with Gasteiger partial charge in [0.25, 0.3) is 0 Å². The van der Waals surface area contributed by atoms with Crippen LogP contribution < -0.4 is 5.73 Å². The van der Waals surface area contributed by atoms with E-state index in [4.69, 9.17) is 11.6 Å². The first-order valence-corrected chi connectivity index (χ1v) is 5.51. The number of carbonyl (C=O) groups is 1. The fourth-order valence-corrected chi connectivity index (χ4v) is 2.81. The molecule has 0 radical (unpaired) electrons. The summed E-state index contributed by atoms with van der Waals surface area (Å²) in [6.45, 7) is 0.